The first-order chi connectivity index (χ1) is 11.0. The minimum Gasteiger partial charge on any atom is -0.493 e. The predicted molar refractivity (Wildman–Crippen MR) is 91.2 cm³/mol. The van der Waals surface area contributed by atoms with Gasteiger partial charge in [-0.3, -0.25) is 4.79 Å². The average molecular weight is 334 g/mol. The second kappa shape index (κ2) is 7.88. The van der Waals surface area contributed by atoms with Crippen LogP contribution in [0.2, 0.25) is 5.02 Å². The molecule has 2 rings (SSSR count). The number of halogens is 1. The number of carbonyl (C=O) groups is 1. The molecule has 1 N–H and O–H groups in total. The zero-order chi connectivity index (χ0) is 16.8. The summed E-state index contributed by atoms with van der Waals surface area (Å²) in [7, 11) is 1.57. The minimum absolute atomic E-state index is 0.0721. The van der Waals surface area contributed by atoms with Crippen molar-refractivity contribution in [2.24, 2.45) is 0 Å². The molecule has 1 atom stereocenters. The first kappa shape index (κ1) is 17.2. The maximum atomic E-state index is 12.0. The number of aryl methyl sites for hydroxylation is 1. The third kappa shape index (κ3) is 4.89. The van der Waals surface area contributed by atoms with Crippen LogP contribution in [0.5, 0.6) is 11.5 Å². The SMILES string of the molecule is COc1cc(C)ccc1OCC(=O)NC(C)c1ccc(Cl)cc1. The number of benzene rings is 2. The Balaban J connectivity index is 1.91. The zero-order valence-electron chi connectivity index (χ0n) is 13.4. The molecule has 0 saturated carbocycles. The Kier molecular flexibility index (Phi) is 5.88. The average Bonchev–Trinajstić information content (AvgIpc) is 2.54. The maximum Gasteiger partial charge on any atom is 0.258 e. The lowest BCUT2D eigenvalue weighted by Crippen LogP contribution is -2.31. The number of ether oxygens (including phenoxy) is 2. The Morgan fingerprint density at radius 3 is 2.52 bits per heavy atom. The Morgan fingerprint density at radius 2 is 1.87 bits per heavy atom. The highest BCUT2D eigenvalue weighted by Crippen LogP contribution is 2.27. The van der Waals surface area contributed by atoms with E-state index < -0.39 is 0 Å². The van der Waals surface area contributed by atoms with Crippen LogP contribution in [0.3, 0.4) is 0 Å². The molecule has 0 heterocycles. The van der Waals surface area contributed by atoms with E-state index in [0.717, 1.165) is 11.1 Å². The molecule has 122 valence electrons. The molecule has 0 bridgehead atoms. The van der Waals surface area contributed by atoms with E-state index in [1.807, 2.05) is 38.1 Å². The van der Waals surface area contributed by atoms with Gasteiger partial charge in [-0.25, -0.2) is 0 Å². The number of methoxy groups -OCH3 is 1. The number of carbonyl (C=O) groups excluding carboxylic acids is 1. The minimum atomic E-state index is -0.199. The lowest BCUT2D eigenvalue weighted by Gasteiger charge is -2.15. The van der Waals surface area contributed by atoms with Crippen molar-refractivity contribution in [1.82, 2.24) is 5.32 Å². The second-order valence-electron chi connectivity index (χ2n) is 5.28. The van der Waals surface area contributed by atoms with E-state index in [1.54, 1.807) is 25.3 Å². The van der Waals surface area contributed by atoms with E-state index in [9.17, 15) is 4.79 Å². The quantitative estimate of drug-likeness (QED) is 0.871. The van der Waals surface area contributed by atoms with Crippen LogP contribution in [-0.2, 0) is 4.79 Å². The number of nitrogens with one attached hydrogen (secondary N) is 1. The van der Waals surface area contributed by atoms with Crippen LogP contribution in [-0.4, -0.2) is 19.6 Å². The van der Waals surface area contributed by atoms with Gasteiger partial charge in [0.2, 0.25) is 0 Å². The summed E-state index contributed by atoms with van der Waals surface area (Å²) in [6.45, 7) is 3.80. The van der Waals surface area contributed by atoms with Gasteiger partial charge in [0.1, 0.15) is 0 Å². The van der Waals surface area contributed by atoms with Crippen LogP contribution in [0.15, 0.2) is 42.5 Å². The van der Waals surface area contributed by atoms with Gasteiger partial charge in [0, 0.05) is 5.02 Å². The highest BCUT2D eigenvalue weighted by molar-refractivity contribution is 6.30. The molecule has 0 saturated heterocycles. The van der Waals surface area contributed by atoms with Gasteiger partial charge in [0.05, 0.1) is 13.2 Å². The summed E-state index contributed by atoms with van der Waals surface area (Å²) in [5, 5.41) is 3.56. The molecule has 2 aromatic carbocycles. The van der Waals surface area contributed by atoms with Crippen LogP contribution in [0.4, 0.5) is 0 Å². The third-order valence-electron chi connectivity index (χ3n) is 3.43. The highest BCUT2D eigenvalue weighted by atomic mass is 35.5. The van der Waals surface area contributed by atoms with Crippen LogP contribution in [0.25, 0.3) is 0 Å². The molecule has 1 unspecified atom stereocenters. The van der Waals surface area contributed by atoms with Crippen molar-refractivity contribution >= 4 is 17.5 Å². The normalized spacial score (nSPS) is 11.7. The van der Waals surface area contributed by atoms with Gasteiger partial charge in [-0.15, -0.1) is 0 Å². The van der Waals surface area contributed by atoms with E-state index in [2.05, 4.69) is 5.32 Å². The van der Waals surface area contributed by atoms with Gasteiger partial charge in [-0.2, -0.15) is 0 Å². The van der Waals surface area contributed by atoms with E-state index in [1.165, 1.54) is 0 Å². The molecule has 5 heteroatoms. The van der Waals surface area contributed by atoms with Crippen LogP contribution in [0.1, 0.15) is 24.1 Å². The van der Waals surface area contributed by atoms with Crippen molar-refractivity contribution in [2.45, 2.75) is 19.9 Å². The molecular formula is C18H20ClNO3. The fourth-order valence-corrected chi connectivity index (χ4v) is 2.28. The van der Waals surface area contributed by atoms with Gasteiger partial charge in [0.15, 0.2) is 18.1 Å². The monoisotopic (exact) mass is 333 g/mol. The molecule has 0 aromatic heterocycles. The molecule has 1 amide bonds. The molecule has 0 aliphatic rings. The second-order valence-corrected chi connectivity index (χ2v) is 5.72. The van der Waals surface area contributed by atoms with Crippen molar-refractivity contribution < 1.29 is 14.3 Å². The summed E-state index contributed by atoms with van der Waals surface area (Å²) in [6.07, 6.45) is 0. The van der Waals surface area contributed by atoms with Crippen molar-refractivity contribution in [1.29, 1.82) is 0 Å². The van der Waals surface area contributed by atoms with E-state index in [0.29, 0.717) is 16.5 Å². The molecule has 0 fully saturated rings. The number of amides is 1. The topological polar surface area (TPSA) is 47.6 Å². The van der Waals surface area contributed by atoms with E-state index >= 15 is 0 Å². The largest absolute Gasteiger partial charge is 0.493 e. The smallest absolute Gasteiger partial charge is 0.258 e. The number of hydrogen-bond acceptors (Lipinski definition) is 3. The summed E-state index contributed by atoms with van der Waals surface area (Å²) < 4.78 is 10.8. The van der Waals surface area contributed by atoms with Crippen molar-refractivity contribution in [3.05, 3.63) is 58.6 Å². The fourth-order valence-electron chi connectivity index (χ4n) is 2.16. The molecule has 23 heavy (non-hydrogen) atoms. The van der Waals surface area contributed by atoms with Crippen LogP contribution < -0.4 is 14.8 Å². The van der Waals surface area contributed by atoms with E-state index in [4.69, 9.17) is 21.1 Å². The molecular weight excluding hydrogens is 314 g/mol. The van der Waals surface area contributed by atoms with Crippen molar-refractivity contribution in [2.75, 3.05) is 13.7 Å². The fraction of sp³-hybridized carbons (Fsp3) is 0.278. The molecule has 0 spiro atoms. The van der Waals surface area contributed by atoms with Gasteiger partial charge in [-0.1, -0.05) is 29.8 Å². The predicted octanol–water partition coefficient (Wildman–Crippen LogP) is 3.91. The lowest BCUT2D eigenvalue weighted by atomic mass is 10.1. The first-order valence-electron chi connectivity index (χ1n) is 7.32. The van der Waals surface area contributed by atoms with Gasteiger partial charge in [-0.05, 0) is 49.2 Å². The zero-order valence-corrected chi connectivity index (χ0v) is 14.2. The Morgan fingerprint density at radius 1 is 1.17 bits per heavy atom. The first-order valence-corrected chi connectivity index (χ1v) is 7.69. The van der Waals surface area contributed by atoms with Gasteiger partial charge >= 0.3 is 0 Å². The van der Waals surface area contributed by atoms with Crippen LogP contribution >= 0.6 is 11.6 Å². The Labute approximate surface area is 141 Å². The van der Waals surface area contributed by atoms with Crippen LogP contribution in [0, 0.1) is 6.92 Å². The summed E-state index contributed by atoms with van der Waals surface area (Å²) in [6, 6.07) is 12.8. The molecule has 2 aromatic rings. The van der Waals surface area contributed by atoms with E-state index in [-0.39, 0.29) is 18.6 Å². The van der Waals surface area contributed by atoms with Gasteiger partial charge in [0.25, 0.3) is 5.91 Å². The van der Waals surface area contributed by atoms with Crippen molar-refractivity contribution in [3.63, 3.8) is 0 Å². The van der Waals surface area contributed by atoms with Gasteiger partial charge < -0.3 is 14.8 Å². The highest BCUT2D eigenvalue weighted by Gasteiger charge is 2.11. The number of rotatable bonds is 6. The summed E-state index contributed by atoms with van der Waals surface area (Å²) in [5.74, 6) is 0.964. The molecule has 0 radical (unpaired) electrons. The summed E-state index contributed by atoms with van der Waals surface area (Å²) in [5.41, 5.74) is 2.05. The molecule has 0 aliphatic carbocycles. The summed E-state index contributed by atoms with van der Waals surface area (Å²) >= 11 is 5.86. The lowest BCUT2D eigenvalue weighted by molar-refractivity contribution is -0.123. The maximum absolute atomic E-state index is 12.0. The third-order valence-corrected chi connectivity index (χ3v) is 3.68. The standard InChI is InChI=1S/C18H20ClNO3/c1-12-4-9-16(17(10-12)22-3)23-11-18(21)20-13(2)14-5-7-15(19)8-6-14/h4-10,13H,11H2,1-3H3,(H,20,21). The molecule has 4 nitrogen and oxygen atoms in total. The van der Waals surface area contributed by atoms with Crippen molar-refractivity contribution in [3.8, 4) is 11.5 Å². The molecule has 0 aliphatic heterocycles. The Bertz CT molecular complexity index is 670. The Hall–Kier alpha value is -2.20. The summed E-state index contributed by atoms with van der Waals surface area (Å²) in [4.78, 5) is 12.0. The number of hydrogen-bond donors (Lipinski definition) is 1.